The molecule has 9 heteroatoms. The molecule has 0 unspecified atom stereocenters. The fraction of sp³-hybridized carbons (Fsp3) is 0.200. The van der Waals surface area contributed by atoms with E-state index < -0.39 is 16.0 Å². The monoisotopic (exact) mass is 432 g/mol. The van der Waals surface area contributed by atoms with Crippen molar-refractivity contribution in [2.45, 2.75) is 4.90 Å². The molecule has 0 spiro atoms. The summed E-state index contributed by atoms with van der Waals surface area (Å²) in [5, 5.41) is 0.914. The predicted octanol–water partition coefficient (Wildman–Crippen LogP) is 3.13. The summed E-state index contributed by atoms with van der Waals surface area (Å²) in [6, 6.07) is 12.8. The van der Waals surface area contributed by atoms with Gasteiger partial charge in [-0.3, -0.25) is 4.98 Å². The highest BCUT2D eigenvalue weighted by molar-refractivity contribution is 7.89. The number of hydrogen-bond acceptors (Lipinski definition) is 6. The van der Waals surface area contributed by atoms with Gasteiger partial charge in [0, 0.05) is 24.7 Å². The molecule has 2 aromatic carbocycles. The normalized spacial score (nSPS) is 15.3. The maximum Gasteiger partial charge on any atom is 0.345 e. The lowest BCUT2D eigenvalue weighted by Crippen LogP contribution is -2.40. The first-order valence-electron chi connectivity index (χ1n) is 8.90. The van der Waals surface area contributed by atoms with Gasteiger partial charge in [-0.05, 0) is 30.3 Å². The zero-order valence-electron chi connectivity index (χ0n) is 15.2. The first kappa shape index (κ1) is 19.8. The first-order chi connectivity index (χ1) is 14.0. The fourth-order valence-corrected chi connectivity index (χ4v) is 4.70. The lowest BCUT2D eigenvalue weighted by Gasteiger charge is -2.26. The minimum Gasteiger partial charge on any atom is -0.421 e. The Hall–Kier alpha value is -2.52. The topological polar surface area (TPSA) is 85.8 Å². The van der Waals surface area contributed by atoms with Gasteiger partial charge in [0.1, 0.15) is 5.52 Å². The number of para-hydroxylation sites is 1. The molecular weight excluding hydrogens is 416 g/mol. The lowest BCUT2D eigenvalue weighted by atomic mass is 10.2. The lowest BCUT2D eigenvalue weighted by molar-refractivity contribution is 0.0727. The first-order valence-corrected chi connectivity index (χ1v) is 10.7. The van der Waals surface area contributed by atoms with Gasteiger partial charge in [0.05, 0.1) is 28.7 Å². The molecule has 0 bridgehead atoms. The number of hydrogen-bond donors (Lipinski definition) is 0. The fourth-order valence-electron chi connectivity index (χ4n) is 3.07. The number of nitrogens with zero attached hydrogens (tertiary/aromatic N) is 2. The summed E-state index contributed by atoms with van der Waals surface area (Å²) in [4.78, 5) is 17.0. The number of rotatable bonds is 4. The van der Waals surface area contributed by atoms with Crippen LogP contribution >= 0.6 is 11.6 Å². The van der Waals surface area contributed by atoms with Gasteiger partial charge in [0.15, 0.2) is 5.75 Å². The van der Waals surface area contributed by atoms with Crippen LogP contribution < -0.4 is 4.74 Å². The average molecular weight is 433 g/mol. The molecule has 0 aliphatic carbocycles. The Bertz CT molecular complexity index is 1170. The van der Waals surface area contributed by atoms with Crippen LogP contribution in [0.15, 0.2) is 59.6 Å². The minimum absolute atomic E-state index is 0.0215. The highest BCUT2D eigenvalue weighted by Gasteiger charge is 2.28. The highest BCUT2D eigenvalue weighted by atomic mass is 35.5. The van der Waals surface area contributed by atoms with E-state index >= 15 is 0 Å². The number of ether oxygens (including phenoxy) is 2. The number of fused-ring (bicyclic) bond motifs is 1. The van der Waals surface area contributed by atoms with E-state index in [9.17, 15) is 13.2 Å². The van der Waals surface area contributed by atoms with Crippen molar-refractivity contribution in [3.05, 3.63) is 65.3 Å². The van der Waals surface area contributed by atoms with E-state index in [0.29, 0.717) is 18.7 Å². The van der Waals surface area contributed by atoms with Crippen molar-refractivity contribution >= 4 is 38.5 Å². The molecule has 0 radical (unpaired) electrons. The zero-order chi connectivity index (χ0) is 20.4. The minimum atomic E-state index is -3.77. The molecule has 0 amide bonds. The standard InChI is InChI=1S/C20H17ClN2O5S/c21-17-7-6-15(29(25,26)23-9-11-27-12-10-23)13-16(17)20(24)28-18-5-1-3-14-4-2-8-22-19(14)18/h1-8,13H,9-12H2. The number of halogens is 1. The Labute approximate surface area is 172 Å². The maximum atomic E-state index is 12.9. The zero-order valence-corrected chi connectivity index (χ0v) is 16.8. The number of sulfonamides is 1. The van der Waals surface area contributed by atoms with Gasteiger partial charge in [-0.15, -0.1) is 0 Å². The van der Waals surface area contributed by atoms with Crippen molar-refractivity contribution < 1.29 is 22.7 Å². The molecule has 1 aromatic heterocycles. The van der Waals surface area contributed by atoms with Gasteiger partial charge in [-0.25, -0.2) is 13.2 Å². The molecule has 0 saturated carbocycles. The average Bonchev–Trinajstić information content (AvgIpc) is 2.75. The second-order valence-corrected chi connectivity index (χ2v) is 8.72. The molecule has 4 rings (SSSR count). The van der Waals surface area contributed by atoms with Gasteiger partial charge in [0.2, 0.25) is 10.0 Å². The summed E-state index contributed by atoms with van der Waals surface area (Å²) in [5.41, 5.74) is 0.491. The Kier molecular flexibility index (Phi) is 5.51. The Morgan fingerprint density at radius 3 is 2.66 bits per heavy atom. The molecule has 150 valence electrons. The third kappa shape index (κ3) is 3.97. The Morgan fingerprint density at radius 2 is 1.86 bits per heavy atom. The SMILES string of the molecule is O=C(Oc1cccc2cccnc12)c1cc(S(=O)(=O)N2CCOCC2)ccc1Cl. The van der Waals surface area contributed by atoms with Crippen molar-refractivity contribution in [3.8, 4) is 5.75 Å². The molecule has 29 heavy (non-hydrogen) atoms. The van der Waals surface area contributed by atoms with Crippen LogP contribution in [0, 0.1) is 0 Å². The summed E-state index contributed by atoms with van der Waals surface area (Å²) in [6.07, 6.45) is 1.60. The smallest absolute Gasteiger partial charge is 0.345 e. The van der Waals surface area contributed by atoms with Crippen LogP contribution in [0.3, 0.4) is 0 Å². The Balaban J connectivity index is 1.66. The molecule has 1 fully saturated rings. The third-order valence-electron chi connectivity index (χ3n) is 4.56. The summed E-state index contributed by atoms with van der Waals surface area (Å²) in [5.74, 6) is -0.488. The van der Waals surface area contributed by atoms with Gasteiger partial charge >= 0.3 is 5.97 Å². The van der Waals surface area contributed by atoms with E-state index in [-0.39, 0.29) is 34.3 Å². The summed E-state index contributed by atoms with van der Waals surface area (Å²) >= 11 is 6.17. The van der Waals surface area contributed by atoms with Crippen LogP contribution in [0.4, 0.5) is 0 Å². The van der Waals surface area contributed by atoms with Crippen molar-refractivity contribution in [1.82, 2.24) is 9.29 Å². The van der Waals surface area contributed by atoms with Crippen LogP contribution in [-0.4, -0.2) is 50.0 Å². The molecule has 2 heterocycles. The second kappa shape index (κ2) is 8.08. The van der Waals surface area contributed by atoms with Crippen LogP contribution in [0.5, 0.6) is 5.75 Å². The van der Waals surface area contributed by atoms with E-state index in [2.05, 4.69) is 4.98 Å². The molecule has 0 N–H and O–H groups in total. The highest BCUT2D eigenvalue weighted by Crippen LogP contribution is 2.27. The van der Waals surface area contributed by atoms with Crippen LogP contribution in [0.25, 0.3) is 10.9 Å². The molecule has 0 atom stereocenters. The van der Waals surface area contributed by atoms with Gasteiger partial charge in [0.25, 0.3) is 0 Å². The Morgan fingerprint density at radius 1 is 1.10 bits per heavy atom. The second-order valence-electron chi connectivity index (χ2n) is 6.38. The van der Waals surface area contributed by atoms with Crippen LogP contribution in [0.2, 0.25) is 5.02 Å². The van der Waals surface area contributed by atoms with Crippen molar-refractivity contribution in [1.29, 1.82) is 0 Å². The van der Waals surface area contributed by atoms with Crippen LogP contribution in [-0.2, 0) is 14.8 Å². The number of morpholine rings is 1. The number of carbonyl (C=O) groups excluding carboxylic acids is 1. The maximum absolute atomic E-state index is 12.9. The molecule has 3 aromatic rings. The van der Waals surface area contributed by atoms with E-state index in [0.717, 1.165) is 5.39 Å². The molecule has 1 aliphatic heterocycles. The summed E-state index contributed by atoms with van der Waals surface area (Å²) < 4.78 is 37.8. The van der Waals surface area contributed by atoms with Crippen molar-refractivity contribution in [3.63, 3.8) is 0 Å². The number of carbonyl (C=O) groups is 1. The van der Waals surface area contributed by atoms with Gasteiger partial charge < -0.3 is 9.47 Å². The predicted molar refractivity (Wildman–Crippen MR) is 108 cm³/mol. The third-order valence-corrected chi connectivity index (χ3v) is 6.79. The molecule has 1 saturated heterocycles. The number of pyridine rings is 1. The van der Waals surface area contributed by atoms with Gasteiger partial charge in [-0.2, -0.15) is 4.31 Å². The van der Waals surface area contributed by atoms with E-state index in [1.165, 1.54) is 22.5 Å². The number of aromatic nitrogens is 1. The van der Waals surface area contributed by atoms with Gasteiger partial charge in [-0.1, -0.05) is 29.8 Å². The van der Waals surface area contributed by atoms with Crippen LogP contribution in [0.1, 0.15) is 10.4 Å². The van der Waals surface area contributed by atoms with E-state index in [1.54, 1.807) is 24.4 Å². The van der Waals surface area contributed by atoms with E-state index in [1.807, 2.05) is 12.1 Å². The number of esters is 1. The molecular formula is C20H17ClN2O5S. The van der Waals surface area contributed by atoms with Crippen molar-refractivity contribution in [2.75, 3.05) is 26.3 Å². The largest absolute Gasteiger partial charge is 0.421 e. The summed E-state index contributed by atoms with van der Waals surface area (Å²) in [6.45, 7) is 1.17. The quantitative estimate of drug-likeness (QED) is 0.465. The molecule has 1 aliphatic rings. The molecule has 7 nitrogen and oxygen atoms in total. The van der Waals surface area contributed by atoms with Crippen molar-refractivity contribution in [2.24, 2.45) is 0 Å². The summed E-state index contributed by atoms with van der Waals surface area (Å²) in [7, 11) is -3.77. The van der Waals surface area contributed by atoms with E-state index in [4.69, 9.17) is 21.1 Å². The number of benzene rings is 2.